The zero-order valence-corrected chi connectivity index (χ0v) is 20.2. The molecular formula is C28H28N6O2. The lowest BCUT2D eigenvalue weighted by Gasteiger charge is -2.30. The maximum Gasteiger partial charge on any atom is 0.247 e. The molecule has 1 aliphatic rings. The molecule has 0 saturated carbocycles. The fraction of sp³-hybridized carbons (Fsp3) is 0.214. The molecule has 182 valence electrons. The van der Waals surface area contributed by atoms with Crippen molar-refractivity contribution in [2.24, 2.45) is 0 Å². The van der Waals surface area contributed by atoms with Crippen LogP contribution in [0.1, 0.15) is 12.5 Å². The largest absolute Gasteiger partial charge is 0.378 e. The van der Waals surface area contributed by atoms with Gasteiger partial charge in [-0.05, 0) is 42.3 Å². The number of fused-ring (bicyclic) bond motifs is 1. The first-order chi connectivity index (χ1) is 17.7. The zero-order valence-electron chi connectivity index (χ0n) is 20.2. The SMILES string of the molecule is C=CC(=O)Nc1ccnc(-c2c(CC)ccc3cnc(Nc4ccccc4N4CCOCC4)nc23)c1. The number of aromatic nitrogens is 3. The van der Waals surface area contributed by atoms with E-state index >= 15 is 0 Å². The molecule has 2 aromatic carbocycles. The van der Waals surface area contributed by atoms with E-state index in [1.165, 1.54) is 6.08 Å². The van der Waals surface area contributed by atoms with Crippen molar-refractivity contribution in [1.29, 1.82) is 0 Å². The molecule has 0 atom stereocenters. The molecule has 2 N–H and O–H groups in total. The van der Waals surface area contributed by atoms with Gasteiger partial charge in [0.2, 0.25) is 11.9 Å². The highest BCUT2D eigenvalue weighted by Gasteiger charge is 2.17. The Labute approximate surface area is 210 Å². The van der Waals surface area contributed by atoms with Gasteiger partial charge in [-0.1, -0.05) is 37.8 Å². The highest BCUT2D eigenvalue weighted by atomic mass is 16.5. The third-order valence-corrected chi connectivity index (χ3v) is 6.19. The van der Waals surface area contributed by atoms with Crippen LogP contribution >= 0.6 is 0 Å². The first-order valence-electron chi connectivity index (χ1n) is 12.0. The molecule has 1 amide bonds. The molecule has 0 bridgehead atoms. The van der Waals surface area contributed by atoms with Crippen LogP contribution < -0.4 is 15.5 Å². The van der Waals surface area contributed by atoms with Crippen LogP contribution in [-0.2, 0) is 16.0 Å². The molecule has 8 heteroatoms. The van der Waals surface area contributed by atoms with Gasteiger partial charge in [-0.2, -0.15) is 0 Å². The molecule has 8 nitrogen and oxygen atoms in total. The third-order valence-electron chi connectivity index (χ3n) is 6.19. The molecule has 36 heavy (non-hydrogen) atoms. The minimum Gasteiger partial charge on any atom is -0.378 e. The third kappa shape index (κ3) is 4.89. The standard InChI is InChI=1S/C28H28N6O2/c1-3-19-9-10-20-18-30-28(32-22-7-5-6-8-24(22)34-13-15-36-16-14-34)33-27(20)26(19)23-17-21(11-12-29-23)31-25(35)4-2/h4-12,17-18H,2-3,13-16H2,1H3,(H,29,31,35)(H,30,32,33). The number of nitrogens with one attached hydrogen (secondary N) is 2. The Balaban J connectivity index is 1.56. The molecule has 1 fully saturated rings. The van der Waals surface area contributed by atoms with E-state index in [9.17, 15) is 4.79 Å². The smallest absolute Gasteiger partial charge is 0.247 e. The van der Waals surface area contributed by atoms with E-state index < -0.39 is 0 Å². The van der Waals surface area contributed by atoms with Gasteiger partial charge in [0.25, 0.3) is 0 Å². The highest BCUT2D eigenvalue weighted by Crippen LogP contribution is 2.33. The van der Waals surface area contributed by atoms with Crippen molar-refractivity contribution < 1.29 is 9.53 Å². The van der Waals surface area contributed by atoms with E-state index in [0.717, 1.165) is 58.6 Å². The predicted octanol–water partition coefficient (Wildman–Crippen LogP) is 4.96. The number of ether oxygens (including phenoxy) is 1. The van der Waals surface area contributed by atoms with Gasteiger partial charge in [0.1, 0.15) is 0 Å². The number of pyridine rings is 1. The lowest BCUT2D eigenvalue weighted by molar-refractivity contribution is -0.111. The molecule has 1 aliphatic heterocycles. The number of nitrogens with zero attached hydrogens (tertiary/aromatic N) is 4. The molecule has 4 aromatic rings. The van der Waals surface area contributed by atoms with Crippen molar-refractivity contribution in [3.63, 3.8) is 0 Å². The second kappa shape index (κ2) is 10.5. The Morgan fingerprint density at radius 1 is 1.14 bits per heavy atom. The normalized spacial score (nSPS) is 13.4. The van der Waals surface area contributed by atoms with E-state index in [-0.39, 0.29) is 5.91 Å². The summed E-state index contributed by atoms with van der Waals surface area (Å²) in [5.74, 6) is 0.238. The lowest BCUT2D eigenvalue weighted by atomic mass is 9.98. The van der Waals surface area contributed by atoms with E-state index in [1.54, 1.807) is 12.3 Å². The monoisotopic (exact) mass is 480 g/mol. The lowest BCUT2D eigenvalue weighted by Crippen LogP contribution is -2.36. The van der Waals surface area contributed by atoms with E-state index in [4.69, 9.17) is 9.72 Å². The Bertz CT molecular complexity index is 1410. The van der Waals surface area contributed by atoms with Crippen LogP contribution in [0.15, 0.2) is 73.6 Å². The van der Waals surface area contributed by atoms with Gasteiger partial charge < -0.3 is 20.3 Å². The van der Waals surface area contributed by atoms with Crippen molar-refractivity contribution in [2.45, 2.75) is 13.3 Å². The molecular weight excluding hydrogens is 452 g/mol. The molecule has 0 unspecified atom stereocenters. The Kier molecular flexibility index (Phi) is 6.86. The first kappa shape index (κ1) is 23.4. The molecule has 3 heterocycles. The number of rotatable bonds is 7. The van der Waals surface area contributed by atoms with Crippen LogP contribution in [0.5, 0.6) is 0 Å². The number of carbonyl (C=O) groups excluding carboxylic acids is 1. The summed E-state index contributed by atoms with van der Waals surface area (Å²) in [6, 6.07) is 15.9. The van der Waals surface area contributed by atoms with Gasteiger partial charge in [0, 0.05) is 42.1 Å². The number of morpholine rings is 1. The van der Waals surface area contributed by atoms with Crippen LogP contribution in [0.4, 0.5) is 23.0 Å². The van der Waals surface area contributed by atoms with Crippen molar-refractivity contribution in [3.8, 4) is 11.3 Å². The topological polar surface area (TPSA) is 92.3 Å². The maximum atomic E-state index is 11.8. The van der Waals surface area contributed by atoms with Crippen molar-refractivity contribution in [1.82, 2.24) is 15.0 Å². The molecule has 0 aliphatic carbocycles. The second-order valence-electron chi connectivity index (χ2n) is 8.45. The summed E-state index contributed by atoms with van der Waals surface area (Å²) in [6.45, 7) is 8.73. The summed E-state index contributed by atoms with van der Waals surface area (Å²) in [5.41, 5.74) is 6.26. The van der Waals surface area contributed by atoms with Crippen LogP contribution in [0.25, 0.3) is 22.2 Å². The number of carbonyl (C=O) groups is 1. The summed E-state index contributed by atoms with van der Waals surface area (Å²) in [4.78, 5) is 28.3. The molecule has 0 spiro atoms. The average molecular weight is 481 g/mol. The minimum absolute atomic E-state index is 0.270. The van der Waals surface area contributed by atoms with Crippen LogP contribution in [0.2, 0.25) is 0 Å². The summed E-state index contributed by atoms with van der Waals surface area (Å²) in [6.07, 6.45) is 5.57. The summed E-state index contributed by atoms with van der Waals surface area (Å²) in [5, 5.41) is 7.16. The highest BCUT2D eigenvalue weighted by molar-refractivity contribution is 6.00. The fourth-order valence-corrected chi connectivity index (χ4v) is 4.40. The van der Waals surface area contributed by atoms with Gasteiger partial charge in [0.05, 0.1) is 35.8 Å². The summed E-state index contributed by atoms with van der Waals surface area (Å²) < 4.78 is 5.52. The fourth-order valence-electron chi connectivity index (χ4n) is 4.40. The summed E-state index contributed by atoms with van der Waals surface area (Å²) >= 11 is 0. The van der Waals surface area contributed by atoms with Gasteiger partial charge >= 0.3 is 0 Å². The van der Waals surface area contributed by atoms with Gasteiger partial charge in [-0.3, -0.25) is 9.78 Å². The van der Waals surface area contributed by atoms with Crippen LogP contribution in [-0.4, -0.2) is 47.2 Å². The number of anilines is 4. The van der Waals surface area contributed by atoms with Crippen LogP contribution in [0.3, 0.4) is 0 Å². The molecule has 1 saturated heterocycles. The average Bonchev–Trinajstić information content (AvgIpc) is 2.93. The number of benzene rings is 2. The minimum atomic E-state index is -0.270. The first-order valence-corrected chi connectivity index (χ1v) is 12.0. The maximum absolute atomic E-state index is 11.8. The second-order valence-corrected chi connectivity index (χ2v) is 8.45. The Morgan fingerprint density at radius 3 is 2.78 bits per heavy atom. The van der Waals surface area contributed by atoms with Crippen molar-refractivity contribution >= 4 is 39.8 Å². The van der Waals surface area contributed by atoms with Crippen LogP contribution in [0, 0.1) is 0 Å². The predicted molar refractivity (Wildman–Crippen MR) is 144 cm³/mol. The molecule has 5 rings (SSSR count). The number of hydrogen-bond donors (Lipinski definition) is 2. The zero-order chi connectivity index (χ0) is 24.9. The number of para-hydroxylation sites is 2. The van der Waals surface area contributed by atoms with E-state index in [2.05, 4.69) is 51.1 Å². The number of hydrogen-bond acceptors (Lipinski definition) is 7. The Morgan fingerprint density at radius 2 is 1.97 bits per heavy atom. The van der Waals surface area contributed by atoms with E-state index in [0.29, 0.717) is 24.8 Å². The Hall–Kier alpha value is -4.30. The van der Waals surface area contributed by atoms with Gasteiger partial charge in [0.15, 0.2) is 0 Å². The quantitative estimate of drug-likeness (QED) is 0.361. The number of aryl methyl sites for hydroxylation is 1. The molecule has 2 aromatic heterocycles. The number of amides is 1. The summed E-state index contributed by atoms with van der Waals surface area (Å²) in [7, 11) is 0. The van der Waals surface area contributed by atoms with E-state index in [1.807, 2.05) is 36.5 Å². The van der Waals surface area contributed by atoms with Crippen molar-refractivity contribution in [3.05, 3.63) is 79.1 Å². The van der Waals surface area contributed by atoms with Crippen molar-refractivity contribution in [2.75, 3.05) is 41.8 Å². The van der Waals surface area contributed by atoms with Gasteiger partial charge in [-0.25, -0.2) is 9.97 Å². The van der Waals surface area contributed by atoms with Gasteiger partial charge in [-0.15, -0.1) is 0 Å². The molecule has 0 radical (unpaired) electrons.